The van der Waals surface area contributed by atoms with Gasteiger partial charge in [-0.2, -0.15) is 0 Å². The van der Waals surface area contributed by atoms with E-state index in [0.29, 0.717) is 4.83 Å². The average molecular weight is 289 g/mol. The van der Waals surface area contributed by atoms with Gasteiger partial charge >= 0.3 is 0 Å². The van der Waals surface area contributed by atoms with Crippen molar-refractivity contribution >= 4 is 27.5 Å². The number of rotatable bonds is 2. The minimum atomic E-state index is 0.658. The summed E-state index contributed by atoms with van der Waals surface area (Å²) in [5, 5.41) is 0.833. The lowest BCUT2D eigenvalue weighted by atomic mass is 10.1. The summed E-state index contributed by atoms with van der Waals surface area (Å²) in [6.07, 6.45) is 2.59. The molecule has 0 N–H and O–H groups in total. The maximum Gasteiger partial charge on any atom is 0.0409 e. The Morgan fingerprint density at radius 2 is 2.33 bits per heavy atom. The predicted octanol–water partition coefficient (Wildman–Crippen LogP) is 3.70. The molecule has 1 atom stereocenters. The molecule has 0 bridgehead atoms. The number of alkyl halides is 1. The molecule has 1 saturated heterocycles. The number of likely N-dealkylation sites (tertiary alicyclic amines) is 1. The van der Waals surface area contributed by atoms with Crippen LogP contribution in [0.1, 0.15) is 18.4 Å². The molecule has 0 spiro atoms. The number of benzene rings is 1. The summed E-state index contributed by atoms with van der Waals surface area (Å²) in [4.78, 5) is 3.14. The van der Waals surface area contributed by atoms with Crippen LogP contribution in [0.3, 0.4) is 0 Å². The largest absolute Gasteiger partial charge is 0.298 e. The highest BCUT2D eigenvalue weighted by Crippen LogP contribution is 2.19. The van der Waals surface area contributed by atoms with Gasteiger partial charge in [-0.05, 0) is 37.1 Å². The highest BCUT2D eigenvalue weighted by atomic mass is 79.9. The van der Waals surface area contributed by atoms with E-state index in [9.17, 15) is 0 Å². The fraction of sp³-hybridized carbons (Fsp3) is 0.500. The number of hydrogen-bond donors (Lipinski definition) is 0. The molecule has 1 unspecified atom stereocenters. The van der Waals surface area contributed by atoms with E-state index in [-0.39, 0.29) is 0 Å². The van der Waals surface area contributed by atoms with Crippen molar-refractivity contribution in [3.63, 3.8) is 0 Å². The number of piperidine rings is 1. The Kier molecular flexibility index (Phi) is 4.06. The number of nitrogens with zero attached hydrogens (tertiary/aromatic N) is 1. The lowest BCUT2D eigenvalue weighted by Gasteiger charge is -2.29. The van der Waals surface area contributed by atoms with Crippen LogP contribution < -0.4 is 0 Å². The number of hydrogen-bond acceptors (Lipinski definition) is 1. The van der Waals surface area contributed by atoms with Crippen molar-refractivity contribution in [2.45, 2.75) is 24.2 Å². The maximum absolute atomic E-state index is 5.96. The molecule has 0 aromatic heterocycles. The van der Waals surface area contributed by atoms with E-state index in [4.69, 9.17) is 11.6 Å². The molecule has 1 nitrogen and oxygen atoms in total. The third kappa shape index (κ3) is 3.47. The molecule has 15 heavy (non-hydrogen) atoms. The van der Waals surface area contributed by atoms with Crippen LogP contribution in [0.2, 0.25) is 5.02 Å². The summed E-state index contributed by atoms with van der Waals surface area (Å²) in [6.45, 7) is 3.36. The van der Waals surface area contributed by atoms with Gasteiger partial charge in [-0.15, -0.1) is 0 Å². The first-order valence-electron chi connectivity index (χ1n) is 5.35. The third-order valence-corrected chi connectivity index (χ3v) is 3.73. The van der Waals surface area contributed by atoms with Gasteiger partial charge in [0, 0.05) is 22.9 Å². The van der Waals surface area contributed by atoms with Crippen LogP contribution >= 0.6 is 27.5 Å². The van der Waals surface area contributed by atoms with Crippen LogP contribution in [-0.2, 0) is 6.54 Å². The van der Waals surface area contributed by atoms with E-state index in [2.05, 4.69) is 33.0 Å². The van der Waals surface area contributed by atoms with E-state index < -0.39 is 0 Å². The zero-order valence-electron chi connectivity index (χ0n) is 8.63. The van der Waals surface area contributed by atoms with Gasteiger partial charge in [-0.1, -0.05) is 39.7 Å². The zero-order chi connectivity index (χ0) is 10.7. The second kappa shape index (κ2) is 5.33. The van der Waals surface area contributed by atoms with Crippen LogP contribution in [0, 0.1) is 0 Å². The molecule has 3 heteroatoms. The molecule has 1 aromatic rings. The van der Waals surface area contributed by atoms with Gasteiger partial charge in [0.25, 0.3) is 0 Å². The Bertz CT molecular complexity index is 329. The van der Waals surface area contributed by atoms with Crippen molar-refractivity contribution in [3.8, 4) is 0 Å². The molecular weight excluding hydrogens is 273 g/mol. The third-order valence-electron chi connectivity index (χ3n) is 2.74. The normalized spacial score (nSPS) is 22.9. The molecule has 1 aliphatic rings. The quantitative estimate of drug-likeness (QED) is 0.750. The van der Waals surface area contributed by atoms with Crippen molar-refractivity contribution in [2.75, 3.05) is 13.1 Å². The summed E-state index contributed by atoms with van der Waals surface area (Å²) >= 11 is 9.65. The lowest BCUT2D eigenvalue weighted by Crippen LogP contribution is -2.35. The van der Waals surface area contributed by atoms with E-state index >= 15 is 0 Å². The molecule has 0 saturated carbocycles. The van der Waals surface area contributed by atoms with Gasteiger partial charge in [0.1, 0.15) is 0 Å². The first-order chi connectivity index (χ1) is 7.24. The van der Waals surface area contributed by atoms with Crippen LogP contribution in [0.5, 0.6) is 0 Å². The summed E-state index contributed by atoms with van der Waals surface area (Å²) in [7, 11) is 0. The molecule has 0 amide bonds. The van der Waals surface area contributed by atoms with Crippen molar-refractivity contribution < 1.29 is 0 Å². The second-order valence-corrected chi connectivity index (χ2v) is 5.84. The van der Waals surface area contributed by atoms with Crippen molar-refractivity contribution in [1.29, 1.82) is 0 Å². The molecule has 1 aliphatic heterocycles. The topological polar surface area (TPSA) is 3.24 Å². The van der Waals surface area contributed by atoms with Crippen molar-refractivity contribution in [2.24, 2.45) is 0 Å². The maximum atomic E-state index is 5.96. The fourth-order valence-corrected chi connectivity index (χ4v) is 2.98. The molecule has 1 aromatic carbocycles. The molecular formula is C12H15BrClN. The fourth-order valence-electron chi connectivity index (χ4n) is 2.04. The SMILES string of the molecule is Clc1cccc(CN2CCCC(Br)C2)c1. The Morgan fingerprint density at radius 3 is 3.07 bits per heavy atom. The Morgan fingerprint density at radius 1 is 1.47 bits per heavy atom. The first kappa shape index (κ1) is 11.4. The van der Waals surface area contributed by atoms with Crippen LogP contribution in [0.25, 0.3) is 0 Å². The summed E-state index contributed by atoms with van der Waals surface area (Å²) in [6, 6.07) is 8.14. The highest BCUT2D eigenvalue weighted by molar-refractivity contribution is 9.09. The lowest BCUT2D eigenvalue weighted by molar-refractivity contribution is 0.228. The highest BCUT2D eigenvalue weighted by Gasteiger charge is 2.17. The second-order valence-electron chi connectivity index (χ2n) is 4.10. The van der Waals surface area contributed by atoms with Crippen LogP contribution in [0.4, 0.5) is 0 Å². The van der Waals surface area contributed by atoms with Gasteiger partial charge < -0.3 is 0 Å². The van der Waals surface area contributed by atoms with Gasteiger partial charge in [0.2, 0.25) is 0 Å². The standard InChI is InChI=1S/C12H15BrClN/c13-11-4-2-6-15(9-11)8-10-3-1-5-12(14)7-10/h1,3,5,7,11H,2,4,6,8-9H2. The van der Waals surface area contributed by atoms with E-state index in [1.54, 1.807) is 0 Å². The van der Waals surface area contributed by atoms with Gasteiger partial charge in [0.05, 0.1) is 0 Å². The van der Waals surface area contributed by atoms with E-state index in [0.717, 1.165) is 18.1 Å². The summed E-state index contributed by atoms with van der Waals surface area (Å²) in [5.74, 6) is 0. The Labute approximate surface area is 105 Å². The smallest absolute Gasteiger partial charge is 0.0409 e. The Hall–Kier alpha value is -0.0500. The molecule has 1 heterocycles. The van der Waals surface area contributed by atoms with E-state index in [1.165, 1.54) is 24.9 Å². The van der Waals surface area contributed by atoms with Gasteiger partial charge in [0.15, 0.2) is 0 Å². The van der Waals surface area contributed by atoms with Crippen LogP contribution in [0.15, 0.2) is 24.3 Å². The molecule has 82 valence electrons. The van der Waals surface area contributed by atoms with Crippen molar-refractivity contribution in [1.82, 2.24) is 4.90 Å². The van der Waals surface area contributed by atoms with Crippen LogP contribution in [-0.4, -0.2) is 22.8 Å². The summed E-state index contributed by atoms with van der Waals surface area (Å²) < 4.78 is 0. The first-order valence-corrected chi connectivity index (χ1v) is 6.64. The van der Waals surface area contributed by atoms with Gasteiger partial charge in [-0.25, -0.2) is 0 Å². The minimum Gasteiger partial charge on any atom is -0.298 e. The molecule has 0 radical (unpaired) electrons. The monoisotopic (exact) mass is 287 g/mol. The average Bonchev–Trinajstić information content (AvgIpc) is 2.17. The van der Waals surface area contributed by atoms with E-state index in [1.807, 2.05) is 12.1 Å². The van der Waals surface area contributed by atoms with Gasteiger partial charge in [-0.3, -0.25) is 4.90 Å². The molecule has 1 fully saturated rings. The molecule has 2 rings (SSSR count). The zero-order valence-corrected chi connectivity index (χ0v) is 11.0. The predicted molar refractivity (Wildman–Crippen MR) is 68.7 cm³/mol. The van der Waals surface area contributed by atoms with Crippen molar-refractivity contribution in [3.05, 3.63) is 34.9 Å². The molecule has 0 aliphatic carbocycles. The summed E-state index contributed by atoms with van der Waals surface area (Å²) in [5.41, 5.74) is 1.31. The number of halogens is 2. The Balaban J connectivity index is 1.96. The minimum absolute atomic E-state index is 0.658.